The van der Waals surface area contributed by atoms with Crippen molar-refractivity contribution >= 4 is 11.9 Å². The van der Waals surface area contributed by atoms with E-state index in [-0.39, 0.29) is 73.0 Å². The molecule has 0 aromatic heterocycles. The minimum atomic E-state index is -0.291. The summed E-state index contributed by atoms with van der Waals surface area (Å²) in [5, 5.41) is 35.4. The molecule has 2 atom stereocenters. The van der Waals surface area contributed by atoms with Gasteiger partial charge in [-0.25, -0.2) is 0 Å². The van der Waals surface area contributed by atoms with Crippen molar-refractivity contribution in [3.63, 3.8) is 0 Å². The van der Waals surface area contributed by atoms with Crippen molar-refractivity contribution in [2.75, 3.05) is 40.6 Å². The first-order valence-corrected chi connectivity index (χ1v) is 14.9. The van der Waals surface area contributed by atoms with E-state index in [2.05, 4.69) is 28.4 Å². The molecule has 0 saturated heterocycles. The lowest BCUT2D eigenvalue weighted by Gasteiger charge is -2.14. The predicted molar refractivity (Wildman–Crippen MR) is 170 cm³/mol. The fourth-order valence-corrected chi connectivity index (χ4v) is 4.16. The van der Waals surface area contributed by atoms with Crippen LogP contribution >= 0.6 is 0 Å². The largest absolute Gasteiger partial charge is 0.508 e. The molecule has 2 saturated carbocycles. The van der Waals surface area contributed by atoms with Crippen LogP contribution in [0.1, 0.15) is 75.3 Å². The molecule has 2 aromatic rings. The zero-order valence-electron chi connectivity index (χ0n) is 26.7. The molecule has 2 aliphatic rings. The van der Waals surface area contributed by atoms with Crippen molar-refractivity contribution in [2.45, 2.75) is 64.2 Å². The summed E-state index contributed by atoms with van der Waals surface area (Å²) in [6.07, 6.45) is 4.51. The van der Waals surface area contributed by atoms with Crippen molar-refractivity contribution in [1.29, 1.82) is 0 Å². The van der Waals surface area contributed by atoms with E-state index in [0.717, 1.165) is 42.6 Å². The lowest BCUT2D eigenvalue weighted by molar-refractivity contribution is -0.141. The number of hydrogen-bond donors (Lipinski definition) is 4. The number of benzene rings is 2. The average molecular weight is 623 g/mol. The number of aliphatic hydroxyl groups excluding tert-OH is 3. The Hall–Kier alpha value is -4.02. The monoisotopic (exact) mass is 622 g/mol. The van der Waals surface area contributed by atoms with Gasteiger partial charge in [-0.3, -0.25) is 9.59 Å². The minimum Gasteiger partial charge on any atom is -0.508 e. The smallest absolute Gasteiger partial charge is 0.307 e. The molecule has 45 heavy (non-hydrogen) atoms. The Morgan fingerprint density at radius 3 is 1.42 bits per heavy atom. The maximum absolute atomic E-state index is 11.5. The standard InChI is InChI=1S/C18H22O4.C13H14O3.C5H10O2/c1-3-4-15(11-17(20)21-2)14-5-7-16(8-6-14)22-13-18(12-19)9-10-18;1-3-4-11(9-13(15)16-2)10-5-7-12(14)8-6-10;6-3-5(4-7)1-2-5/h5-8,15,19H,9-13H2,1-2H3;5-8,11,14H,9H2,1-2H3;6-7H,1-4H2. The van der Waals surface area contributed by atoms with Crippen molar-refractivity contribution in [2.24, 2.45) is 10.8 Å². The summed E-state index contributed by atoms with van der Waals surface area (Å²) >= 11 is 0. The van der Waals surface area contributed by atoms with Gasteiger partial charge >= 0.3 is 11.9 Å². The van der Waals surface area contributed by atoms with E-state index >= 15 is 0 Å². The molecule has 0 aliphatic heterocycles. The van der Waals surface area contributed by atoms with Crippen LogP contribution in [0.25, 0.3) is 0 Å². The summed E-state index contributed by atoms with van der Waals surface area (Å²) in [5.41, 5.74) is 1.78. The summed E-state index contributed by atoms with van der Waals surface area (Å²) in [6.45, 7) is 4.52. The Morgan fingerprint density at radius 1 is 0.711 bits per heavy atom. The number of hydrogen-bond acceptors (Lipinski definition) is 9. The number of aromatic hydroxyl groups is 1. The number of carbonyl (C=O) groups excluding carboxylic acids is 2. The van der Waals surface area contributed by atoms with Gasteiger partial charge in [0.25, 0.3) is 0 Å². The van der Waals surface area contributed by atoms with Crippen molar-refractivity contribution in [3.05, 3.63) is 59.7 Å². The highest BCUT2D eigenvalue weighted by Gasteiger charge is 2.43. The van der Waals surface area contributed by atoms with E-state index in [1.54, 1.807) is 38.1 Å². The topological polar surface area (TPSA) is 143 Å². The van der Waals surface area contributed by atoms with Crippen LogP contribution in [-0.2, 0) is 19.1 Å². The second-order valence-corrected chi connectivity index (χ2v) is 11.4. The highest BCUT2D eigenvalue weighted by atomic mass is 16.5. The highest BCUT2D eigenvalue weighted by molar-refractivity contribution is 5.71. The molecule has 2 aromatic carbocycles. The van der Waals surface area contributed by atoms with Gasteiger partial charge in [0.2, 0.25) is 0 Å². The first-order chi connectivity index (χ1) is 21.6. The number of rotatable bonds is 12. The second kappa shape index (κ2) is 18.7. The molecule has 4 N–H and O–H groups in total. The van der Waals surface area contributed by atoms with E-state index in [0.29, 0.717) is 6.61 Å². The molecular formula is C36H46O9. The van der Waals surface area contributed by atoms with Gasteiger partial charge < -0.3 is 34.6 Å². The van der Waals surface area contributed by atoms with Gasteiger partial charge in [0, 0.05) is 10.8 Å². The summed E-state index contributed by atoms with van der Waals surface area (Å²) in [7, 11) is 2.74. The molecule has 244 valence electrons. The number of aliphatic hydroxyl groups is 3. The highest BCUT2D eigenvalue weighted by Crippen LogP contribution is 2.45. The molecule has 9 nitrogen and oxygen atoms in total. The van der Waals surface area contributed by atoms with Crippen molar-refractivity contribution in [1.82, 2.24) is 0 Å². The van der Waals surface area contributed by atoms with Crippen LogP contribution < -0.4 is 4.74 Å². The molecule has 4 rings (SSSR count). The Labute approximate surface area is 266 Å². The SMILES string of the molecule is CC#CC(CC(=O)OC)c1ccc(O)cc1.CC#CC(CC(=O)OC)c1ccc(OCC2(CO)CC2)cc1.OCC1(CO)CC1. The van der Waals surface area contributed by atoms with E-state index in [1.807, 2.05) is 24.3 Å². The molecule has 0 radical (unpaired) electrons. The van der Waals surface area contributed by atoms with Crippen LogP contribution in [0.4, 0.5) is 0 Å². The lowest BCUT2D eigenvalue weighted by Crippen LogP contribution is -2.17. The van der Waals surface area contributed by atoms with Crippen LogP contribution in [0.3, 0.4) is 0 Å². The van der Waals surface area contributed by atoms with E-state index in [1.165, 1.54) is 14.2 Å². The maximum Gasteiger partial charge on any atom is 0.307 e. The average Bonchev–Trinajstić information content (AvgIpc) is 4.01. The van der Waals surface area contributed by atoms with Crippen LogP contribution in [-0.4, -0.2) is 73.0 Å². The Morgan fingerprint density at radius 2 is 1.11 bits per heavy atom. The summed E-state index contributed by atoms with van der Waals surface area (Å²) < 4.78 is 15.1. The molecule has 0 spiro atoms. The molecule has 0 bridgehead atoms. The second-order valence-electron chi connectivity index (χ2n) is 11.4. The maximum atomic E-state index is 11.5. The summed E-state index contributed by atoms with van der Waals surface area (Å²) in [5.74, 6) is 11.7. The minimum absolute atomic E-state index is 0.0280. The summed E-state index contributed by atoms with van der Waals surface area (Å²) in [6, 6.07) is 14.3. The van der Waals surface area contributed by atoms with Crippen molar-refractivity contribution in [3.8, 4) is 35.2 Å². The number of carbonyl (C=O) groups is 2. The van der Waals surface area contributed by atoms with Crippen LogP contribution in [0.5, 0.6) is 11.5 Å². The first-order valence-electron chi connectivity index (χ1n) is 14.9. The van der Waals surface area contributed by atoms with E-state index in [9.17, 15) is 14.7 Å². The van der Waals surface area contributed by atoms with Gasteiger partial charge in [0.05, 0.1) is 65.3 Å². The fourth-order valence-electron chi connectivity index (χ4n) is 4.16. The van der Waals surface area contributed by atoms with Crippen LogP contribution in [0.15, 0.2) is 48.5 Å². The number of esters is 2. The van der Waals surface area contributed by atoms with Gasteiger partial charge in [-0.15, -0.1) is 11.8 Å². The normalized spacial score (nSPS) is 15.7. The molecule has 0 heterocycles. The quantitative estimate of drug-likeness (QED) is 0.201. The third-order valence-electron chi connectivity index (χ3n) is 7.88. The van der Waals surface area contributed by atoms with Crippen LogP contribution in [0, 0.1) is 34.5 Å². The Balaban J connectivity index is 0.000000266. The van der Waals surface area contributed by atoms with Gasteiger partial charge in [-0.2, -0.15) is 0 Å². The van der Waals surface area contributed by atoms with Gasteiger partial charge in [0.15, 0.2) is 0 Å². The van der Waals surface area contributed by atoms with E-state index in [4.69, 9.17) is 24.8 Å². The molecule has 2 aliphatic carbocycles. The third-order valence-corrected chi connectivity index (χ3v) is 7.88. The third kappa shape index (κ3) is 12.9. The molecule has 0 amide bonds. The van der Waals surface area contributed by atoms with Gasteiger partial charge in [-0.1, -0.05) is 36.1 Å². The fraction of sp³-hybridized carbons (Fsp3) is 0.500. The molecular weight excluding hydrogens is 576 g/mol. The molecule has 9 heteroatoms. The number of ether oxygens (including phenoxy) is 3. The van der Waals surface area contributed by atoms with Crippen LogP contribution in [0.2, 0.25) is 0 Å². The zero-order chi connectivity index (χ0) is 33.3. The molecule has 2 unspecified atom stereocenters. The number of phenols is 1. The number of methoxy groups -OCH3 is 2. The van der Waals surface area contributed by atoms with Gasteiger partial charge in [0.1, 0.15) is 11.5 Å². The Kier molecular flexibility index (Phi) is 15.5. The Bertz CT molecular complexity index is 1310. The van der Waals surface area contributed by atoms with E-state index < -0.39 is 0 Å². The predicted octanol–water partition coefficient (Wildman–Crippen LogP) is 4.32. The lowest BCUT2D eigenvalue weighted by atomic mass is 9.96. The first kappa shape index (κ1) is 37.2. The van der Waals surface area contributed by atoms with Gasteiger partial charge in [-0.05, 0) is 74.9 Å². The van der Waals surface area contributed by atoms with Crippen molar-refractivity contribution < 1.29 is 44.2 Å². The zero-order valence-corrected chi connectivity index (χ0v) is 26.7. The molecule has 2 fully saturated rings. The number of phenolic OH excluding ortho intramolecular Hbond substituents is 1. The summed E-state index contributed by atoms with van der Waals surface area (Å²) in [4.78, 5) is 22.6.